The van der Waals surface area contributed by atoms with E-state index < -0.39 is 30.0 Å². The first-order chi connectivity index (χ1) is 17.4. The van der Waals surface area contributed by atoms with E-state index in [0.717, 1.165) is 55.8 Å². The van der Waals surface area contributed by atoms with Gasteiger partial charge in [0.1, 0.15) is 33.3 Å². The summed E-state index contributed by atoms with van der Waals surface area (Å²) in [5.74, 6) is 0. The summed E-state index contributed by atoms with van der Waals surface area (Å²) in [6.07, 6.45) is 7.35. The van der Waals surface area contributed by atoms with Gasteiger partial charge in [-0.15, -0.1) is 0 Å². The fourth-order valence-electron chi connectivity index (χ4n) is 4.41. The maximum Gasteiger partial charge on any atom is 1.00 e. The Morgan fingerprint density at radius 2 is 1.33 bits per heavy atom. The van der Waals surface area contributed by atoms with Gasteiger partial charge in [-0.25, -0.2) is 21.4 Å². The van der Waals surface area contributed by atoms with Crippen LogP contribution in [0, 0.1) is 0 Å². The van der Waals surface area contributed by atoms with Crippen molar-refractivity contribution < 1.29 is 65.6 Å². The minimum atomic E-state index is -5.00. The van der Waals surface area contributed by atoms with Gasteiger partial charge in [0.15, 0.2) is 5.71 Å². The van der Waals surface area contributed by atoms with E-state index in [0.29, 0.717) is 16.7 Å². The van der Waals surface area contributed by atoms with Crippen LogP contribution in [0.1, 0.15) is 38.8 Å². The Kier molecular flexibility index (Phi) is 13.0. The predicted octanol–water partition coefficient (Wildman–Crippen LogP) is -0.0585. The molecule has 0 saturated carbocycles. The zero-order valence-electron chi connectivity index (χ0n) is 22.8. The van der Waals surface area contributed by atoms with Crippen LogP contribution in [0.2, 0.25) is 0 Å². The van der Waals surface area contributed by atoms with Crippen molar-refractivity contribution in [2.45, 2.75) is 37.5 Å². The van der Waals surface area contributed by atoms with Gasteiger partial charge in [0.2, 0.25) is 0 Å². The molecule has 3 rings (SSSR count). The molecule has 39 heavy (non-hydrogen) atoms. The fourth-order valence-corrected chi connectivity index (χ4v) is 5.57. The minimum Gasteiger partial charge on any atom is -0.744 e. The first kappa shape index (κ1) is 34.9. The van der Waals surface area contributed by atoms with E-state index >= 15 is 0 Å². The number of anilines is 1. The molecule has 2 N–H and O–H groups in total. The number of nitrogens with zero attached hydrogens (tertiary/aromatic N) is 2. The Hall–Kier alpha value is -2.09. The van der Waals surface area contributed by atoms with Crippen LogP contribution >= 0.6 is 0 Å². The second-order valence-corrected chi connectivity index (χ2v) is 11.1. The molecule has 0 aromatic heterocycles. The van der Waals surface area contributed by atoms with Crippen molar-refractivity contribution in [2.75, 3.05) is 31.1 Å². The normalized spacial score (nSPS) is 13.0. The summed E-state index contributed by atoms with van der Waals surface area (Å²) in [6, 6.07) is 10.1. The number of hydrogen-bond donors (Lipinski definition) is 0. The molecule has 2 aromatic rings. The van der Waals surface area contributed by atoms with E-state index in [2.05, 4.69) is 9.48 Å². The first-order valence-electron chi connectivity index (χ1n) is 12.1. The van der Waals surface area contributed by atoms with Crippen molar-refractivity contribution in [1.82, 2.24) is 0 Å². The summed E-state index contributed by atoms with van der Waals surface area (Å²) in [5, 5.41) is 0. The molecule has 12 heteroatoms. The molecule has 0 bridgehead atoms. The Labute approximate surface area is 253 Å². The Morgan fingerprint density at radius 3 is 1.77 bits per heavy atom. The Balaban J connectivity index is 0.00000380. The molecule has 1 aliphatic carbocycles. The molecule has 9 nitrogen and oxygen atoms in total. The number of benzene rings is 2. The Morgan fingerprint density at radius 1 is 0.795 bits per heavy atom. The van der Waals surface area contributed by atoms with Gasteiger partial charge >= 0.3 is 29.6 Å². The summed E-state index contributed by atoms with van der Waals surface area (Å²) in [5.41, 5.74) is 3.24. The first-order valence-corrected chi connectivity index (χ1v) is 14.9. The van der Waals surface area contributed by atoms with Gasteiger partial charge in [0.25, 0.3) is 0 Å². The van der Waals surface area contributed by atoms with Crippen molar-refractivity contribution in [3.63, 3.8) is 0 Å². The van der Waals surface area contributed by atoms with Crippen LogP contribution in [0.4, 0.5) is 5.69 Å². The van der Waals surface area contributed by atoms with Gasteiger partial charge in [0, 0.05) is 36.5 Å². The van der Waals surface area contributed by atoms with E-state index in [9.17, 15) is 25.9 Å². The summed E-state index contributed by atoms with van der Waals surface area (Å²) in [7, 11) is -9.91. The van der Waals surface area contributed by atoms with E-state index in [1.54, 1.807) is 24.3 Å². The number of hydrogen-bond acceptors (Lipinski definition) is 7. The molecular formula is C27H33N2NaO7S2. The maximum absolute atomic E-state index is 12.2. The molecule has 0 amide bonds. The molecule has 0 spiro atoms. The quantitative estimate of drug-likeness (QED) is 0.227. The predicted molar refractivity (Wildman–Crippen MR) is 147 cm³/mol. The molecule has 0 radical (unpaired) electrons. The average molecular weight is 585 g/mol. The van der Waals surface area contributed by atoms with Crippen LogP contribution < -0.4 is 34.5 Å². The molecule has 0 atom stereocenters. The molecule has 206 valence electrons. The van der Waals surface area contributed by atoms with Gasteiger partial charge in [-0.3, -0.25) is 0 Å². The minimum absolute atomic E-state index is 0. The van der Waals surface area contributed by atoms with Gasteiger partial charge in [-0.2, -0.15) is 0 Å². The van der Waals surface area contributed by atoms with E-state index in [1.165, 1.54) is 0 Å². The third-order valence-corrected chi connectivity index (χ3v) is 8.07. The SMILES string of the molecule is CCN(CC)c1ccc(C(=C2C=CC(=[N+](CC)CC)C=C2)c2cc(S(=O)(=O)[O-])ccc2S(=O)(=O)[O-])cc1.O.[Na+]. The molecule has 0 aliphatic heterocycles. The smallest absolute Gasteiger partial charge is 0.744 e. The molecule has 1 aliphatic rings. The van der Waals surface area contributed by atoms with Crippen molar-refractivity contribution in [1.29, 1.82) is 0 Å². The van der Waals surface area contributed by atoms with Gasteiger partial charge in [-0.05, 0) is 86.9 Å². The van der Waals surface area contributed by atoms with Gasteiger partial charge in [-0.1, -0.05) is 12.1 Å². The van der Waals surface area contributed by atoms with Crippen molar-refractivity contribution in [2.24, 2.45) is 0 Å². The van der Waals surface area contributed by atoms with E-state index in [1.807, 2.05) is 52.0 Å². The monoisotopic (exact) mass is 584 g/mol. The number of allylic oxidation sites excluding steroid dienone is 5. The second-order valence-electron chi connectivity index (χ2n) is 8.38. The fraction of sp³-hybridized carbons (Fsp3) is 0.296. The third-order valence-electron chi connectivity index (χ3n) is 6.35. The zero-order chi connectivity index (χ0) is 27.4. The molecule has 0 unspecified atom stereocenters. The van der Waals surface area contributed by atoms with Crippen LogP contribution in [0.15, 0.2) is 82.1 Å². The molecule has 0 saturated heterocycles. The zero-order valence-corrected chi connectivity index (χ0v) is 26.5. The van der Waals surface area contributed by atoms with Crippen LogP contribution in [0.3, 0.4) is 0 Å². The number of rotatable bonds is 9. The molecule has 0 fully saturated rings. The summed E-state index contributed by atoms with van der Waals surface area (Å²) in [6.45, 7) is 11.3. The Bertz CT molecular complexity index is 1480. The third kappa shape index (κ3) is 8.21. The summed E-state index contributed by atoms with van der Waals surface area (Å²) < 4.78 is 74.2. The van der Waals surface area contributed by atoms with Crippen LogP contribution in [0.25, 0.3) is 5.57 Å². The van der Waals surface area contributed by atoms with Crippen molar-refractivity contribution >= 4 is 37.2 Å². The van der Waals surface area contributed by atoms with Crippen LogP contribution in [-0.4, -0.2) is 67.9 Å². The van der Waals surface area contributed by atoms with Gasteiger partial charge in [0.05, 0.1) is 9.79 Å². The van der Waals surface area contributed by atoms with Crippen LogP contribution in [-0.2, 0) is 20.2 Å². The van der Waals surface area contributed by atoms with Crippen LogP contribution in [0.5, 0.6) is 0 Å². The topological polar surface area (TPSA) is 152 Å². The largest absolute Gasteiger partial charge is 1.00 e. The molecule has 2 aromatic carbocycles. The van der Waals surface area contributed by atoms with Crippen molar-refractivity contribution in [3.8, 4) is 0 Å². The second kappa shape index (κ2) is 14.5. The van der Waals surface area contributed by atoms with Gasteiger partial charge < -0.3 is 19.5 Å². The maximum atomic E-state index is 12.2. The van der Waals surface area contributed by atoms with E-state index in [4.69, 9.17) is 0 Å². The molecular weight excluding hydrogens is 551 g/mol. The summed E-state index contributed by atoms with van der Waals surface area (Å²) >= 11 is 0. The molecule has 0 heterocycles. The van der Waals surface area contributed by atoms with Crippen molar-refractivity contribution in [3.05, 3.63) is 83.5 Å². The average Bonchev–Trinajstić information content (AvgIpc) is 2.86. The standard InChI is InChI=1S/C27H32N2O6S2.Na.H2O/c1-5-28(6-2)22-13-9-20(10-14-22)27(21-11-15-23(16-12-21)29(7-3)8-4)25-19-24(36(30,31)32)17-18-26(25)37(33,34)35;;/h9-19H,5-8H2,1-4H3,(H-,30,31,32,33,34,35);;1H2/q;+1;/p-1. The summed E-state index contributed by atoms with van der Waals surface area (Å²) in [4.78, 5) is 0.919. The van der Waals surface area contributed by atoms with E-state index in [-0.39, 0.29) is 40.6 Å².